The number of amides is 1. The van der Waals surface area contributed by atoms with Crippen molar-refractivity contribution in [2.45, 2.75) is 19.4 Å². The lowest BCUT2D eigenvalue weighted by molar-refractivity contribution is -0.385. The van der Waals surface area contributed by atoms with Crippen molar-refractivity contribution in [1.29, 1.82) is 0 Å². The molecule has 0 saturated heterocycles. The van der Waals surface area contributed by atoms with Gasteiger partial charge < -0.3 is 14.7 Å². The highest BCUT2D eigenvalue weighted by Gasteiger charge is 2.15. The number of nitro benzene ring substituents is 1. The largest absolute Gasteiger partial charge is 0.493 e. The van der Waals surface area contributed by atoms with E-state index in [2.05, 4.69) is 0 Å². The van der Waals surface area contributed by atoms with Gasteiger partial charge in [-0.15, -0.1) is 0 Å². The maximum atomic E-state index is 11.4. The summed E-state index contributed by atoms with van der Waals surface area (Å²) in [5, 5.41) is 20.3. The highest BCUT2D eigenvalue weighted by molar-refractivity contribution is 5.75. The number of hydrogen-bond acceptors (Lipinski definition) is 5. The van der Waals surface area contributed by atoms with E-state index in [0.717, 1.165) is 0 Å². The standard InChI is InChI=1S/C13H18N2O5/c1-9(16)11-8-10(15(18)19)4-5-12(11)20-7-6-13(17)14(2)3/h4-5,8-9,16H,6-7H2,1-3H3. The van der Waals surface area contributed by atoms with E-state index < -0.39 is 11.0 Å². The third-order valence-electron chi connectivity index (χ3n) is 2.73. The van der Waals surface area contributed by atoms with Crippen molar-refractivity contribution in [2.24, 2.45) is 0 Å². The third-order valence-corrected chi connectivity index (χ3v) is 2.73. The fourth-order valence-electron chi connectivity index (χ4n) is 1.58. The van der Waals surface area contributed by atoms with E-state index in [1.165, 1.54) is 30.0 Å². The monoisotopic (exact) mass is 282 g/mol. The molecule has 7 nitrogen and oxygen atoms in total. The lowest BCUT2D eigenvalue weighted by atomic mass is 10.1. The number of aliphatic hydroxyl groups excluding tert-OH is 1. The van der Waals surface area contributed by atoms with Crippen LogP contribution in [0.25, 0.3) is 0 Å². The average molecular weight is 282 g/mol. The minimum Gasteiger partial charge on any atom is -0.493 e. The number of ether oxygens (including phenoxy) is 1. The number of nitro groups is 1. The highest BCUT2D eigenvalue weighted by Crippen LogP contribution is 2.29. The third kappa shape index (κ3) is 4.20. The number of carbonyl (C=O) groups excluding carboxylic acids is 1. The molecular formula is C13H18N2O5. The van der Waals surface area contributed by atoms with Crippen LogP contribution in [0.4, 0.5) is 5.69 Å². The Balaban J connectivity index is 2.79. The van der Waals surface area contributed by atoms with Crippen LogP contribution in [0.2, 0.25) is 0 Å². The highest BCUT2D eigenvalue weighted by atomic mass is 16.6. The molecule has 0 aliphatic heterocycles. The molecule has 0 fully saturated rings. The van der Waals surface area contributed by atoms with Gasteiger partial charge in [0.1, 0.15) is 5.75 Å². The van der Waals surface area contributed by atoms with Crippen LogP contribution >= 0.6 is 0 Å². The molecule has 20 heavy (non-hydrogen) atoms. The smallest absolute Gasteiger partial charge is 0.270 e. The van der Waals surface area contributed by atoms with Crippen LogP contribution in [-0.4, -0.2) is 41.5 Å². The quantitative estimate of drug-likeness (QED) is 0.630. The Kier molecular flexibility index (Phi) is 5.45. The minimum atomic E-state index is -0.894. The summed E-state index contributed by atoms with van der Waals surface area (Å²) in [5.74, 6) is 0.266. The van der Waals surface area contributed by atoms with Gasteiger partial charge in [-0.1, -0.05) is 0 Å². The summed E-state index contributed by atoms with van der Waals surface area (Å²) in [6.45, 7) is 1.64. The summed E-state index contributed by atoms with van der Waals surface area (Å²) in [6.07, 6.45) is -0.696. The van der Waals surface area contributed by atoms with Gasteiger partial charge in [-0.05, 0) is 13.0 Å². The van der Waals surface area contributed by atoms with Crippen LogP contribution in [0, 0.1) is 10.1 Å². The molecule has 0 radical (unpaired) electrons. The molecule has 110 valence electrons. The van der Waals surface area contributed by atoms with Crippen molar-refractivity contribution < 1.29 is 19.6 Å². The second-order valence-electron chi connectivity index (χ2n) is 4.54. The van der Waals surface area contributed by atoms with E-state index in [-0.39, 0.29) is 24.6 Å². The molecule has 0 aliphatic rings. The predicted molar refractivity (Wildman–Crippen MR) is 72.5 cm³/mol. The number of benzene rings is 1. The van der Waals surface area contributed by atoms with Crippen molar-refractivity contribution in [3.05, 3.63) is 33.9 Å². The first-order valence-electron chi connectivity index (χ1n) is 6.12. The summed E-state index contributed by atoms with van der Waals surface area (Å²) >= 11 is 0. The van der Waals surface area contributed by atoms with Crippen LogP contribution in [-0.2, 0) is 4.79 Å². The number of carbonyl (C=O) groups is 1. The molecule has 1 aromatic carbocycles. The van der Waals surface area contributed by atoms with Gasteiger partial charge in [-0.2, -0.15) is 0 Å². The molecule has 1 unspecified atom stereocenters. The molecule has 0 heterocycles. The van der Waals surface area contributed by atoms with Gasteiger partial charge in [0.25, 0.3) is 5.69 Å². The summed E-state index contributed by atoms with van der Waals surface area (Å²) in [6, 6.07) is 4.00. The molecule has 1 aromatic rings. The Morgan fingerprint density at radius 2 is 2.15 bits per heavy atom. The topological polar surface area (TPSA) is 92.9 Å². The van der Waals surface area contributed by atoms with Crippen LogP contribution in [0.1, 0.15) is 25.0 Å². The Hall–Kier alpha value is -2.15. The number of nitrogens with zero attached hydrogens (tertiary/aromatic N) is 2. The Morgan fingerprint density at radius 3 is 2.65 bits per heavy atom. The normalized spacial score (nSPS) is 11.8. The zero-order valence-corrected chi connectivity index (χ0v) is 11.7. The van der Waals surface area contributed by atoms with Crippen molar-refractivity contribution in [2.75, 3.05) is 20.7 Å². The van der Waals surface area contributed by atoms with E-state index in [0.29, 0.717) is 11.3 Å². The average Bonchev–Trinajstić information content (AvgIpc) is 2.38. The number of rotatable bonds is 6. The molecule has 0 saturated carbocycles. The minimum absolute atomic E-state index is 0.0782. The van der Waals surface area contributed by atoms with Gasteiger partial charge in [0.15, 0.2) is 0 Å². The fraction of sp³-hybridized carbons (Fsp3) is 0.462. The second kappa shape index (κ2) is 6.85. The van der Waals surface area contributed by atoms with Gasteiger partial charge in [-0.3, -0.25) is 14.9 Å². The van der Waals surface area contributed by atoms with Gasteiger partial charge in [0.2, 0.25) is 5.91 Å². The molecule has 1 N–H and O–H groups in total. The van der Waals surface area contributed by atoms with E-state index >= 15 is 0 Å². The van der Waals surface area contributed by atoms with E-state index in [9.17, 15) is 20.0 Å². The van der Waals surface area contributed by atoms with Crippen molar-refractivity contribution in [1.82, 2.24) is 4.90 Å². The summed E-state index contributed by atoms with van der Waals surface area (Å²) in [4.78, 5) is 23.0. The van der Waals surface area contributed by atoms with E-state index in [1.807, 2.05) is 0 Å². The van der Waals surface area contributed by atoms with Gasteiger partial charge >= 0.3 is 0 Å². The summed E-state index contributed by atoms with van der Waals surface area (Å²) < 4.78 is 5.42. The summed E-state index contributed by atoms with van der Waals surface area (Å²) in [7, 11) is 3.30. The maximum absolute atomic E-state index is 11.4. The van der Waals surface area contributed by atoms with Crippen LogP contribution in [0.3, 0.4) is 0 Å². The van der Waals surface area contributed by atoms with Gasteiger partial charge in [-0.25, -0.2) is 0 Å². The predicted octanol–water partition coefficient (Wildman–Crippen LogP) is 1.51. The molecule has 0 aliphatic carbocycles. The van der Waals surface area contributed by atoms with Crippen LogP contribution in [0.5, 0.6) is 5.75 Å². The lowest BCUT2D eigenvalue weighted by Crippen LogP contribution is -2.23. The Morgan fingerprint density at radius 1 is 1.50 bits per heavy atom. The van der Waals surface area contributed by atoms with E-state index in [4.69, 9.17) is 4.74 Å². The van der Waals surface area contributed by atoms with Crippen molar-refractivity contribution in [3.63, 3.8) is 0 Å². The van der Waals surface area contributed by atoms with Crippen molar-refractivity contribution >= 4 is 11.6 Å². The lowest BCUT2D eigenvalue weighted by Gasteiger charge is -2.14. The number of hydrogen-bond donors (Lipinski definition) is 1. The number of non-ortho nitro benzene ring substituents is 1. The van der Waals surface area contributed by atoms with Gasteiger partial charge in [0, 0.05) is 31.8 Å². The SMILES string of the molecule is CC(O)c1cc([N+](=O)[O-])ccc1OCCC(=O)N(C)C. The Bertz CT molecular complexity index is 500. The molecule has 1 atom stereocenters. The molecule has 0 bridgehead atoms. The molecule has 0 aromatic heterocycles. The molecular weight excluding hydrogens is 264 g/mol. The first kappa shape index (κ1) is 15.9. The molecule has 1 rings (SSSR count). The summed E-state index contributed by atoms with van der Waals surface area (Å²) in [5.41, 5.74) is 0.217. The fourth-order valence-corrected chi connectivity index (χ4v) is 1.58. The molecule has 0 spiro atoms. The van der Waals surface area contributed by atoms with Gasteiger partial charge in [0.05, 0.1) is 24.1 Å². The zero-order chi connectivity index (χ0) is 15.3. The second-order valence-corrected chi connectivity index (χ2v) is 4.54. The first-order valence-corrected chi connectivity index (χ1v) is 6.12. The number of aliphatic hydroxyl groups is 1. The molecule has 7 heteroatoms. The maximum Gasteiger partial charge on any atom is 0.270 e. The van der Waals surface area contributed by atoms with Crippen LogP contribution < -0.4 is 4.74 Å². The van der Waals surface area contributed by atoms with E-state index in [1.54, 1.807) is 14.1 Å². The zero-order valence-electron chi connectivity index (χ0n) is 11.7. The first-order chi connectivity index (χ1) is 9.32. The van der Waals surface area contributed by atoms with Crippen LogP contribution in [0.15, 0.2) is 18.2 Å². The molecule has 1 amide bonds. The van der Waals surface area contributed by atoms with Crippen molar-refractivity contribution in [3.8, 4) is 5.75 Å². The Labute approximate surface area is 116 Å².